The Hall–Kier alpha value is -0.940. The Labute approximate surface area is 120 Å². The summed E-state index contributed by atoms with van der Waals surface area (Å²) in [5.74, 6) is 2.37. The molecule has 0 radical (unpaired) electrons. The fourth-order valence-electron chi connectivity index (χ4n) is 4.22. The summed E-state index contributed by atoms with van der Waals surface area (Å²) in [4.78, 5) is 2.51. The second kappa shape index (κ2) is 5.11. The van der Waals surface area contributed by atoms with Gasteiger partial charge in [-0.1, -0.05) is 0 Å². The molecule has 2 atom stereocenters. The van der Waals surface area contributed by atoms with Crippen molar-refractivity contribution < 1.29 is 0 Å². The average molecular weight is 275 g/mol. The van der Waals surface area contributed by atoms with E-state index in [-0.39, 0.29) is 0 Å². The van der Waals surface area contributed by atoms with Crippen LogP contribution in [0.3, 0.4) is 0 Å². The van der Waals surface area contributed by atoms with E-state index in [1.54, 1.807) is 0 Å². The summed E-state index contributed by atoms with van der Waals surface area (Å²) in [6, 6.07) is 2.23. The van der Waals surface area contributed by atoms with Gasteiger partial charge in [0, 0.05) is 31.1 Å². The van der Waals surface area contributed by atoms with Gasteiger partial charge >= 0.3 is 0 Å². The summed E-state index contributed by atoms with van der Waals surface area (Å²) >= 11 is 0. The van der Waals surface area contributed by atoms with Gasteiger partial charge in [0.2, 0.25) is 0 Å². The molecule has 20 heavy (non-hydrogen) atoms. The summed E-state index contributed by atoms with van der Waals surface area (Å²) in [6.45, 7) is 2.07. The molecule has 0 amide bonds. The Balaban J connectivity index is 1.44. The lowest BCUT2D eigenvalue weighted by Gasteiger charge is -2.35. The van der Waals surface area contributed by atoms with Gasteiger partial charge in [-0.25, -0.2) is 0 Å². The van der Waals surface area contributed by atoms with Gasteiger partial charge in [-0.05, 0) is 45.6 Å². The number of aryl methyl sites for hydroxylation is 1. The van der Waals surface area contributed by atoms with Gasteiger partial charge in [0.1, 0.15) is 11.6 Å². The van der Waals surface area contributed by atoms with Crippen molar-refractivity contribution >= 4 is 0 Å². The predicted molar refractivity (Wildman–Crippen MR) is 77.4 cm³/mol. The molecular formula is C15H25N5. The first-order valence-electron chi connectivity index (χ1n) is 8.17. The summed E-state index contributed by atoms with van der Waals surface area (Å²) in [6.07, 6.45) is 8.99. The highest BCUT2D eigenvalue weighted by Crippen LogP contribution is 2.29. The molecule has 5 nitrogen and oxygen atoms in total. The fraction of sp³-hybridized carbons (Fsp3) is 0.867. The molecule has 0 aliphatic carbocycles. The van der Waals surface area contributed by atoms with Gasteiger partial charge in [-0.3, -0.25) is 4.90 Å². The van der Waals surface area contributed by atoms with Gasteiger partial charge < -0.3 is 9.88 Å². The highest BCUT2D eigenvalue weighted by atomic mass is 15.3. The van der Waals surface area contributed by atoms with E-state index in [9.17, 15) is 0 Å². The Morgan fingerprint density at radius 2 is 2.00 bits per heavy atom. The molecule has 2 fully saturated rings. The minimum Gasteiger partial charge on any atom is -0.314 e. The van der Waals surface area contributed by atoms with Crippen LogP contribution in [-0.2, 0) is 19.5 Å². The van der Waals surface area contributed by atoms with Crippen molar-refractivity contribution in [2.24, 2.45) is 0 Å². The third-order valence-electron chi connectivity index (χ3n) is 5.40. The Morgan fingerprint density at radius 3 is 2.80 bits per heavy atom. The van der Waals surface area contributed by atoms with Gasteiger partial charge in [-0.15, -0.1) is 10.2 Å². The first-order chi connectivity index (χ1) is 9.79. The Morgan fingerprint density at radius 1 is 1.20 bits per heavy atom. The van der Waals surface area contributed by atoms with Crippen molar-refractivity contribution in [2.75, 3.05) is 7.05 Å². The van der Waals surface area contributed by atoms with Crippen LogP contribution < -0.4 is 5.32 Å². The molecule has 4 rings (SSSR count). The van der Waals surface area contributed by atoms with Crippen molar-refractivity contribution in [3.8, 4) is 0 Å². The molecule has 2 unspecified atom stereocenters. The van der Waals surface area contributed by atoms with Gasteiger partial charge in [0.25, 0.3) is 0 Å². The summed E-state index contributed by atoms with van der Waals surface area (Å²) in [7, 11) is 2.26. The molecule has 0 saturated carbocycles. The van der Waals surface area contributed by atoms with Gasteiger partial charge in [0.15, 0.2) is 0 Å². The Bertz CT molecular complexity index is 471. The maximum atomic E-state index is 4.44. The zero-order valence-electron chi connectivity index (χ0n) is 12.4. The van der Waals surface area contributed by atoms with Crippen molar-refractivity contribution in [1.82, 2.24) is 25.0 Å². The minimum atomic E-state index is 0.713. The third-order valence-corrected chi connectivity index (χ3v) is 5.40. The van der Waals surface area contributed by atoms with Gasteiger partial charge in [0.05, 0.1) is 6.54 Å². The van der Waals surface area contributed by atoms with E-state index in [2.05, 4.69) is 32.0 Å². The number of nitrogens with zero attached hydrogens (tertiary/aromatic N) is 4. The number of aromatic nitrogens is 3. The second-order valence-electron chi connectivity index (χ2n) is 6.82. The lowest BCUT2D eigenvalue weighted by molar-refractivity contribution is 0.160. The molecule has 4 heterocycles. The molecule has 110 valence electrons. The van der Waals surface area contributed by atoms with Crippen molar-refractivity contribution in [3.05, 3.63) is 11.6 Å². The highest BCUT2D eigenvalue weighted by molar-refractivity contribution is 5.00. The summed E-state index contributed by atoms with van der Waals surface area (Å²) in [5, 5.41) is 12.5. The number of rotatable bonds is 3. The van der Waals surface area contributed by atoms with E-state index < -0.39 is 0 Å². The summed E-state index contributed by atoms with van der Waals surface area (Å²) in [5.41, 5.74) is 0. The highest BCUT2D eigenvalue weighted by Gasteiger charge is 2.35. The molecule has 3 aliphatic heterocycles. The number of hydrogen-bond donors (Lipinski definition) is 1. The van der Waals surface area contributed by atoms with Crippen LogP contribution in [0.5, 0.6) is 0 Å². The van der Waals surface area contributed by atoms with Gasteiger partial charge in [-0.2, -0.15) is 0 Å². The smallest absolute Gasteiger partial charge is 0.147 e. The van der Waals surface area contributed by atoms with Crippen LogP contribution in [0.15, 0.2) is 0 Å². The van der Waals surface area contributed by atoms with Crippen molar-refractivity contribution in [1.29, 1.82) is 0 Å². The van der Waals surface area contributed by atoms with E-state index in [1.807, 2.05) is 0 Å². The number of fused-ring (bicyclic) bond motifs is 3. The normalized spacial score (nSPS) is 32.6. The standard InChI is InChI=1S/C15H25N5/c1-19(13-8-11-5-6-12(9-13)16-11)10-15-18-17-14-4-2-3-7-20(14)15/h11-13,16H,2-10H2,1H3. The number of piperidine rings is 1. The molecule has 0 aromatic carbocycles. The summed E-state index contributed by atoms with van der Waals surface area (Å²) < 4.78 is 2.36. The lowest BCUT2D eigenvalue weighted by Crippen LogP contribution is -2.46. The maximum Gasteiger partial charge on any atom is 0.147 e. The van der Waals surface area contributed by atoms with Crippen LogP contribution in [0.4, 0.5) is 0 Å². The monoisotopic (exact) mass is 275 g/mol. The van der Waals surface area contributed by atoms with Crippen LogP contribution in [0.2, 0.25) is 0 Å². The minimum absolute atomic E-state index is 0.713. The average Bonchev–Trinajstić information content (AvgIpc) is 3.03. The lowest BCUT2D eigenvalue weighted by atomic mass is 9.98. The van der Waals surface area contributed by atoms with E-state index in [0.717, 1.165) is 31.6 Å². The number of nitrogens with one attached hydrogen (secondary N) is 1. The van der Waals surface area contributed by atoms with Crippen LogP contribution in [0.1, 0.15) is 50.2 Å². The first kappa shape index (κ1) is 12.8. The van der Waals surface area contributed by atoms with E-state index >= 15 is 0 Å². The molecule has 1 aromatic heterocycles. The molecule has 2 saturated heterocycles. The zero-order valence-corrected chi connectivity index (χ0v) is 12.4. The third kappa shape index (κ3) is 2.27. The fourth-order valence-corrected chi connectivity index (χ4v) is 4.22. The molecule has 2 bridgehead atoms. The van der Waals surface area contributed by atoms with E-state index in [4.69, 9.17) is 0 Å². The maximum absolute atomic E-state index is 4.44. The van der Waals surface area contributed by atoms with Crippen LogP contribution in [-0.4, -0.2) is 44.8 Å². The number of hydrogen-bond acceptors (Lipinski definition) is 4. The zero-order chi connectivity index (χ0) is 13.5. The largest absolute Gasteiger partial charge is 0.314 e. The van der Waals surface area contributed by atoms with Crippen molar-refractivity contribution in [2.45, 2.75) is 76.2 Å². The Kier molecular flexibility index (Phi) is 3.27. The molecule has 3 aliphatic rings. The molecule has 1 aromatic rings. The topological polar surface area (TPSA) is 46.0 Å². The van der Waals surface area contributed by atoms with E-state index in [0.29, 0.717) is 6.04 Å². The van der Waals surface area contributed by atoms with Crippen LogP contribution in [0.25, 0.3) is 0 Å². The predicted octanol–water partition coefficient (Wildman–Crippen LogP) is 1.33. The van der Waals surface area contributed by atoms with E-state index in [1.165, 1.54) is 50.2 Å². The molecule has 0 spiro atoms. The quantitative estimate of drug-likeness (QED) is 0.904. The molecule has 5 heteroatoms. The first-order valence-corrected chi connectivity index (χ1v) is 8.17. The SMILES string of the molecule is CN(Cc1nnc2n1CCCC2)C1CC2CCC(C1)N2. The molecule has 1 N–H and O–H groups in total. The molecular weight excluding hydrogens is 250 g/mol. The van der Waals surface area contributed by atoms with Crippen molar-refractivity contribution in [3.63, 3.8) is 0 Å². The van der Waals surface area contributed by atoms with Crippen LogP contribution >= 0.6 is 0 Å². The second-order valence-corrected chi connectivity index (χ2v) is 6.82. The van der Waals surface area contributed by atoms with Crippen LogP contribution in [0, 0.1) is 0 Å².